The van der Waals surface area contributed by atoms with Gasteiger partial charge in [0.15, 0.2) is 0 Å². The van der Waals surface area contributed by atoms with Crippen molar-refractivity contribution in [3.8, 4) is 0 Å². The van der Waals surface area contributed by atoms with E-state index >= 15 is 0 Å². The number of hydrogen-bond donors (Lipinski definition) is 1. The molecule has 2 aliphatic rings. The fraction of sp³-hybridized carbons (Fsp3) is 0.625. The number of rotatable bonds is 4. The molecule has 1 aromatic heterocycles. The molecule has 1 aromatic rings. The fourth-order valence-electron chi connectivity index (χ4n) is 3.58. The minimum atomic E-state index is -0.612. The summed E-state index contributed by atoms with van der Waals surface area (Å²) in [5.41, 5.74) is 5.88. The normalized spacial score (nSPS) is 26.8. The summed E-state index contributed by atoms with van der Waals surface area (Å²) in [6.07, 6.45) is 3.25. The third-order valence-electron chi connectivity index (χ3n) is 4.98. The van der Waals surface area contributed by atoms with Gasteiger partial charge < -0.3 is 15.4 Å². The Labute approximate surface area is 135 Å². The zero-order chi connectivity index (χ0) is 16.4. The maximum absolute atomic E-state index is 12.5. The molecule has 2 N–H and O–H groups in total. The van der Waals surface area contributed by atoms with Crippen molar-refractivity contribution in [2.45, 2.75) is 26.2 Å². The first-order chi connectivity index (χ1) is 11.0. The van der Waals surface area contributed by atoms with Gasteiger partial charge >= 0.3 is 0 Å². The van der Waals surface area contributed by atoms with Crippen molar-refractivity contribution >= 4 is 11.8 Å². The van der Waals surface area contributed by atoms with E-state index in [-0.39, 0.29) is 17.7 Å². The minimum Gasteiger partial charge on any atom is -0.381 e. The van der Waals surface area contributed by atoms with Gasteiger partial charge in [-0.25, -0.2) is 9.97 Å². The molecule has 23 heavy (non-hydrogen) atoms. The molecule has 124 valence electrons. The zero-order valence-electron chi connectivity index (χ0n) is 13.3. The van der Waals surface area contributed by atoms with Crippen LogP contribution in [0, 0.1) is 18.3 Å². The van der Waals surface area contributed by atoms with E-state index in [0.717, 1.165) is 5.69 Å². The Morgan fingerprint density at radius 2 is 2.35 bits per heavy atom. The molecule has 0 unspecified atom stereocenters. The maximum atomic E-state index is 12.5. The summed E-state index contributed by atoms with van der Waals surface area (Å²) in [6, 6.07) is 1.82. The number of aromatic nitrogens is 2. The zero-order valence-corrected chi connectivity index (χ0v) is 13.3. The van der Waals surface area contributed by atoms with Gasteiger partial charge in [0.1, 0.15) is 5.82 Å². The van der Waals surface area contributed by atoms with Crippen LogP contribution in [-0.2, 0) is 20.7 Å². The van der Waals surface area contributed by atoms with Crippen molar-refractivity contribution in [3.05, 3.63) is 23.8 Å². The van der Waals surface area contributed by atoms with Crippen LogP contribution in [0.1, 0.15) is 24.4 Å². The van der Waals surface area contributed by atoms with Gasteiger partial charge in [-0.1, -0.05) is 0 Å². The number of hydrogen-bond acceptors (Lipinski definition) is 5. The van der Waals surface area contributed by atoms with Crippen LogP contribution in [-0.4, -0.2) is 53.0 Å². The molecular weight excluding hydrogens is 296 g/mol. The molecule has 2 fully saturated rings. The quantitative estimate of drug-likeness (QED) is 0.847. The van der Waals surface area contributed by atoms with E-state index in [0.29, 0.717) is 51.4 Å². The summed E-state index contributed by atoms with van der Waals surface area (Å²) in [7, 11) is 0. The van der Waals surface area contributed by atoms with Gasteiger partial charge in [-0.05, 0) is 25.8 Å². The number of ether oxygens (including phenoxy) is 1. The number of nitrogens with zero attached hydrogens (tertiary/aromatic N) is 3. The first-order valence-electron chi connectivity index (χ1n) is 7.95. The third-order valence-corrected chi connectivity index (χ3v) is 4.98. The molecule has 0 aromatic carbocycles. The highest BCUT2D eigenvalue weighted by Gasteiger charge is 2.53. The Kier molecular flexibility index (Phi) is 4.30. The Balaban J connectivity index is 1.63. The number of aryl methyl sites for hydroxylation is 2. The summed E-state index contributed by atoms with van der Waals surface area (Å²) < 4.78 is 5.47. The molecule has 2 amide bonds. The molecule has 2 atom stereocenters. The van der Waals surface area contributed by atoms with Crippen LogP contribution in [0.4, 0.5) is 0 Å². The number of carbonyl (C=O) groups excluding carboxylic acids is 2. The van der Waals surface area contributed by atoms with Gasteiger partial charge in [-0.3, -0.25) is 9.59 Å². The van der Waals surface area contributed by atoms with E-state index in [1.54, 1.807) is 11.1 Å². The molecule has 0 spiro atoms. The Morgan fingerprint density at radius 1 is 1.52 bits per heavy atom. The second-order valence-electron chi connectivity index (χ2n) is 6.41. The van der Waals surface area contributed by atoms with Crippen LogP contribution in [0.15, 0.2) is 12.3 Å². The molecule has 0 radical (unpaired) electrons. The average Bonchev–Trinajstić information content (AvgIpc) is 2.94. The Morgan fingerprint density at radius 3 is 3.04 bits per heavy atom. The topological polar surface area (TPSA) is 98.4 Å². The van der Waals surface area contributed by atoms with Gasteiger partial charge in [0.05, 0.1) is 12.0 Å². The molecule has 0 aliphatic carbocycles. The summed E-state index contributed by atoms with van der Waals surface area (Å²) in [5.74, 6) is 0.440. The number of nitrogens with two attached hydrogens (primary N) is 1. The van der Waals surface area contributed by atoms with E-state index < -0.39 is 5.41 Å². The second kappa shape index (κ2) is 6.23. The molecule has 7 heteroatoms. The van der Waals surface area contributed by atoms with Crippen molar-refractivity contribution in [2.24, 2.45) is 17.1 Å². The van der Waals surface area contributed by atoms with Gasteiger partial charge in [-0.15, -0.1) is 0 Å². The average molecular weight is 318 g/mol. The van der Waals surface area contributed by atoms with Crippen molar-refractivity contribution in [3.63, 3.8) is 0 Å². The highest BCUT2D eigenvalue weighted by atomic mass is 16.5. The molecular formula is C16H22N4O3. The Hall–Kier alpha value is -2.02. The summed E-state index contributed by atoms with van der Waals surface area (Å²) in [6.45, 7) is 3.81. The van der Waals surface area contributed by atoms with Crippen LogP contribution >= 0.6 is 0 Å². The minimum absolute atomic E-state index is 0.0130. The lowest BCUT2D eigenvalue weighted by Crippen LogP contribution is -2.48. The predicted octanol–water partition coefficient (Wildman–Crippen LogP) is 0.0680. The molecule has 7 nitrogen and oxygen atoms in total. The van der Waals surface area contributed by atoms with Crippen LogP contribution in [0.3, 0.4) is 0 Å². The van der Waals surface area contributed by atoms with Gasteiger partial charge in [0, 0.05) is 43.9 Å². The molecule has 0 bridgehead atoms. The number of primary amides is 1. The van der Waals surface area contributed by atoms with Gasteiger partial charge in [0.25, 0.3) is 0 Å². The SMILES string of the molecule is Cc1nccc(CCC(=O)N2C[C@@H]3COCC[C@]3(C(N)=O)C2)n1. The van der Waals surface area contributed by atoms with Crippen molar-refractivity contribution in [2.75, 3.05) is 26.3 Å². The lowest BCUT2D eigenvalue weighted by Gasteiger charge is -2.34. The van der Waals surface area contributed by atoms with E-state index in [9.17, 15) is 9.59 Å². The van der Waals surface area contributed by atoms with E-state index in [2.05, 4.69) is 9.97 Å². The van der Waals surface area contributed by atoms with Crippen LogP contribution < -0.4 is 5.73 Å². The highest BCUT2D eigenvalue weighted by molar-refractivity contribution is 5.84. The van der Waals surface area contributed by atoms with Crippen molar-refractivity contribution < 1.29 is 14.3 Å². The van der Waals surface area contributed by atoms with Gasteiger partial charge in [-0.2, -0.15) is 0 Å². The number of carbonyl (C=O) groups is 2. The number of fused-ring (bicyclic) bond motifs is 1. The van der Waals surface area contributed by atoms with Crippen LogP contribution in [0.5, 0.6) is 0 Å². The lowest BCUT2D eigenvalue weighted by molar-refractivity contribution is -0.136. The lowest BCUT2D eigenvalue weighted by atomic mass is 9.74. The third kappa shape index (κ3) is 3.06. The molecule has 3 rings (SSSR count). The number of amides is 2. The van der Waals surface area contributed by atoms with E-state index in [4.69, 9.17) is 10.5 Å². The molecule has 2 saturated heterocycles. The predicted molar refractivity (Wildman–Crippen MR) is 82.2 cm³/mol. The van der Waals surface area contributed by atoms with Crippen molar-refractivity contribution in [1.82, 2.24) is 14.9 Å². The van der Waals surface area contributed by atoms with Gasteiger partial charge in [0.2, 0.25) is 11.8 Å². The van der Waals surface area contributed by atoms with E-state index in [1.165, 1.54) is 0 Å². The highest BCUT2D eigenvalue weighted by Crippen LogP contribution is 2.42. The summed E-state index contributed by atoms with van der Waals surface area (Å²) in [5, 5.41) is 0. The van der Waals surface area contributed by atoms with Crippen LogP contribution in [0.2, 0.25) is 0 Å². The smallest absolute Gasteiger partial charge is 0.225 e. The molecule has 3 heterocycles. The number of likely N-dealkylation sites (tertiary alicyclic amines) is 1. The van der Waals surface area contributed by atoms with Crippen LogP contribution in [0.25, 0.3) is 0 Å². The molecule has 0 saturated carbocycles. The monoisotopic (exact) mass is 318 g/mol. The summed E-state index contributed by atoms with van der Waals surface area (Å²) >= 11 is 0. The molecule has 2 aliphatic heterocycles. The van der Waals surface area contributed by atoms with Crippen molar-refractivity contribution in [1.29, 1.82) is 0 Å². The Bertz CT molecular complexity index is 621. The standard InChI is InChI=1S/C16H22N4O3/c1-11-18-6-4-13(19-11)2-3-14(21)20-8-12-9-23-7-5-16(12,10-20)15(17)22/h4,6,12H,2-3,5,7-10H2,1H3,(H2,17,22)/t12-,16+/m1/s1. The first-order valence-corrected chi connectivity index (χ1v) is 7.95. The summed E-state index contributed by atoms with van der Waals surface area (Å²) in [4.78, 5) is 34.6. The fourth-order valence-corrected chi connectivity index (χ4v) is 3.58. The maximum Gasteiger partial charge on any atom is 0.225 e. The largest absolute Gasteiger partial charge is 0.381 e. The second-order valence-corrected chi connectivity index (χ2v) is 6.41. The van der Waals surface area contributed by atoms with E-state index in [1.807, 2.05) is 13.0 Å². The first kappa shape index (κ1) is 15.9.